The molecule has 0 bridgehead atoms. The van der Waals surface area contributed by atoms with Gasteiger partial charge in [-0.05, 0) is 39.8 Å². The van der Waals surface area contributed by atoms with E-state index in [1.165, 1.54) is 11.3 Å². The molecule has 114 valence electrons. The largest absolute Gasteiger partial charge is 0.489 e. The third kappa shape index (κ3) is 2.52. The SMILES string of the molecule is Cc1ccc2sc(C(=O)n3ccnc3C)c(OC(C)C)c2c1. The van der Waals surface area contributed by atoms with Gasteiger partial charge in [0, 0.05) is 22.5 Å². The van der Waals surface area contributed by atoms with Crippen LogP contribution in [0.2, 0.25) is 0 Å². The van der Waals surface area contributed by atoms with Crippen LogP contribution in [0.3, 0.4) is 0 Å². The molecule has 0 radical (unpaired) electrons. The maximum absolute atomic E-state index is 12.8. The molecule has 3 aromatic rings. The number of hydrogen-bond acceptors (Lipinski definition) is 4. The third-order valence-corrected chi connectivity index (χ3v) is 4.53. The predicted molar refractivity (Wildman–Crippen MR) is 89.0 cm³/mol. The molecule has 0 spiro atoms. The van der Waals surface area contributed by atoms with E-state index in [0.717, 1.165) is 15.6 Å². The van der Waals surface area contributed by atoms with Crippen molar-refractivity contribution in [3.63, 3.8) is 0 Å². The number of carbonyl (C=O) groups excluding carboxylic acids is 1. The molecule has 22 heavy (non-hydrogen) atoms. The molecule has 5 heteroatoms. The Morgan fingerprint density at radius 3 is 2.73 bits per heavy atom. The summed E-state index contributed by atoms with van der Waals surface area (Å²) in [6.07, 6.45) is 3.33. The van der Waals surface area contributed by atoms with Crippen molar-refractivity contribution in [2.24, 2.45) is 0 Å². The molecule has 0 N–H and O–H groups in total. The summed E-state index contributed by atoms with van der Waals surface area (Å²) < 4.78 is 8.59. The van der Waals surface area contributed by atoms with Crippen molar-refractivity contribution in [3.8, 4) is 5.75 Å². The summed E-state index contributed by atoms with van der Waals surface area (Å²) in [5.41, 5.74) is 1.15. The highest BCUT2D eigenvalue weighted by Crippen LogP contribution is 2.39. The zero-order valence-electron chi connectivity index (χ0n) is 13.1. The molecule has 0 aliphatic rings. The fourth-order valence-corrected chi connectivity index (χ4v) is 3.44. The van der Waals surface area contributed by atoms with Gasteiger partial charge in [0.25, 0.3) is 5.91 Å². The van der Waals surface area contributed by atoms with Crippen LogP contribution in [0.1, 0.15) is 34.9 Å². The summed E-state index contributed by atoms with van der Waals surface area (Å²) in [6.45, 7) is 7.79. The quantitative estimate of drug-likeness (QED) is 0.728. The van der Waals surface area contributed by atoms with Crippen LogP contribution in [-0.2, 0) is 0 Å². The second-order valence-electron chi connectivity index (χ2n) is 5.58. The lowest BCUT2D eigenvalue weighted by Gasteiger charge is -2.11. The van der Waals surface area contributed by atoms with Crippen LogP contribution in [-0.4, -0.2) is 21.6 Å². The number of hydrogen-bond donors (Lipinski definition) is 0. The molecular formula is C17H18N2O2S. The van der Waals surface area contributed by atoms with Crippen LogP contribution >= 0.6 is 11.3 Å². The van der Waals surface area contributed by atoms with E-state index in [9.17, 15) is 4.79 Å². The topological polar surface area (TPSA) is 44.1 Å². The summed E-state index contributed by atoms with van der Waals surface area (Å²) >= 11 is 1.47. The molecule has 0 amide bonds. The minimum Gasteiger partial charge on any atom is -0.489 e. The molecule has 2 heterocycles. The summed E-state index contributed by atoms with van der Waals surface area (Å²) in [4.78, 5) is 17.6. The molecule has 0 aliphatic heterocycles. The monoisotopic (exact) mass is 314 g/mol. The number of aromatic nitrogens is 2. The van der Waals surface area contributed by atoms with Crippen LogP contribution in [0.5, 0.6) is 5.75 Å². The van der Waals surface area contributed by atoms with E-state index in [0.29, 0.717) is 16.5 Å². The maximum Gasteiger partial charge on any atom is 0.277 e. The van der Waals surface area contributed by atoms with Crippen molar-refractivity contribution in [1.29, 1.82) is 0 Å². The number of benzene rings is 1. The van der Waals surface area contributed by atoms with Crippen LogP contribution in [0.4, 0.5) is 0 Å². The van der Waals surface area contributed by atoms with E-state index in [-0.39, 0.29) is 12.0 Å². The Morgan fingerprint density at radius 2 is 2.09 bits per heavy atom. The molecular weight excluding hydrogens is 296 g/mol. The smallest absolute Gasteiger partial charge is 0.277 e. The van der Waals surface area contributed by atoms with E-state index in [1.54, 1.807) is 17.0 Å². The minimum absolute atomic E-state index is 0.00810. The first kappa shape index (κ1) is 14.8. The highest BCUT2D eigenvalue weighted by atomic mass is 32.1. The fourth-order valence-electron chi connectivity index (χ4n) is 2.38. The van der Waals surface area contributed by atoms with Gasteiger partial charge in [-0.2, -0.15) is 0 Å². The molecule has 0 unspecified atom stereocenters. The third-order valence-electron chi connectivity index (χ3n) is 3.39. The summed E-state index contributed by atoms with van der Waals surface area (Å²) in [7, 11) is 0. The Hall–Kier alpha value is -2.14. The summed E-state index contributed by atoms with van der Waals surface area (Å²) in [6, 6.07) is 6.16. The number of ether oxygens (including phenoxy) is 1. The van der Waals surface area contributed by atoms with Gasteiger partial charge in [-0.3, -0.25) is 9.36 Å². The van der Waals surface area contributed by atoms with Crippen molar-refractivity contribution < 1.29 is 9.53 Å². The number of carbonyl (C=O) groups is 1. The number of aryl methyl sites for hydroxylation is 2. The first-order valence-electron chi connectivity index (χ1n) is 7.22. The highest BCUT2D eigenvalue weighted by Gasteiger charge is 2.23. The maximum atomic E-state index is 12.8. The normalized spacial score (nSPS) is 11.3. The van der Waals surface area contributed by atoms with E-state index in [2.05, 4.69) is 17.1 Å². The molecule has 0 atom stereocenters. The van der Waals surface area contributed by atoms with E-state index in [1.807, 2.05) is 33.8 Å². The summed E-state index contributed by atoms with van der Waals surface area (Å²) in [5.74, 6) is 1.26. The van der Waals surface area contributed by atoms with Crippen molar-refractivity contribution in [2.45, 2.75) is 33.8 Å². The van der Waals surface area contributed by atoms with Gasteiger partial charge in [-0.15, -0.1) is 11.3 Å². The van der Waals surface area contributed by atoms with Crippen LogP contribution in [0.15, 0.2) is 30.6 Å². The number of thiophene rings is 1. The van der Waals surface area contributed by atoms with Gasteiger partial charge in [0.2, 0.25) is 0 Å². The molecule has 0 fully saturated rings. The average Bonchev–Trinajstić information content (AvgIpc) is 3.02. The van der Waals surface area contributed by atoms with E-state index < -0.39 is 0 Å². The second-order valence-corrected chi connectivity index (χ2v) is 6.63. The Labute approximate surface area is 133 Å². The Morgan fingerprint density at radius 1 is 1.32 bits per heavy atom. The lowest BCUT2D eigenvalue weighted by atomic mass is 10.1. The van der Waals surface area contributed by atoms with Gasteiger partial charge < -0.3 is 4.74 Å². The van der Waals surface area contributed by atoms with Gasteiger partial charge in [0.1, 0.15) is 10.7 Å². The van der Waals surface area contributed by atoms with Gasteiger partial charge >= 0.3 is 0 Å². The fraction of sp³-hybridized carbons (Fsp3) is 0.294. The minimum atomic E-state index is -0.0931. The zero-order chi connectivity index (χ0) is 15.9. The first-order chi connectivity index (χ1) is 10.5. The molecule has 0 aliphatic carbocycles. The van der Waals surface area contributed by atoms with Gasteiger partial charge in [0.05, 0.1) is 6.10 Å². The number of rotatable bonds is 3. The van der Waals surface area contributed by atoms with Gasteiger partial charge in [0.15, 0.2) is 5.75 Å². The molecule has 1 aromatic carbocycles. The van der Waals surface area contributed by atoms with Crippen molar-refractivity contribution in [2.75, 3.05) is 0 Å². The lowest BCUT2D eigenvalue weighted by Crippen LogP contribution is -2.14. The van der Waals surface area contributed by atoms with Crippen LogP contribution < -0.4 is 4.74 Å². The first-order valence-corrected chi connectivity index (χ1v) is 8.03. The second kappa shape index (κ2) is 5.57. The van der Waals surface area contributed by atoms with Crippen LogP contribution in [0.25, 0.3) is 10.1 Å². The van der Waals surface area contributed by atoms with E-state index >= 15 is 0 Å². The number of nitrogens with zero attached hydrogens (tertiary/aromatic N) is 2. The van der Waals surface area contributed by atoms with E-state index in [4.69, 9.17) is 4.74 Å². The lowest BCUT2D eigenvalue weighted by molar-refractivity contribution is 0.0957. The predicted octanol–water partition coefficient (Wildman–Crippen LogP) is 4.19. The number of imidazole rings is 1. The molecule has 2 aromatic heterocycles. The Bertz CT molecular complexity index is 846. The zero-order valence-corrected chi connectivity index (χ0v) is 13.9. The van der Waals surface area contributed by atoms with Crippen molar-refractivity contribution in [3.05, 3.63) is 46.9 Å². The summed E-state index contributed by atoms with van der Waals surface area (Å²) in [5, 5.41) is 1.000. The average molecular weight is 314 g/mol. The van der Waals surface area contributed by atoms with Gasteiger partial charge in [-0.1, -0.05) is 11.6 Å². The molecule has 3 rings (SSSR count). The molecule has 0 saturated carbocycles. The molecule has 0 saturated heterocycles. The highest BCUT2D eigenvalue weighted by molar-refractivity contribution is 7.21. The van der Waals surface area contributed by atoms with Gasteiger partial charge in [-0.25, -0.2) is 4.98 Å². The van der Waals surface area contributed by atoms with Crippen molar-refractivity contribution >= 4 is 27.3 Å². The number of fused-ring (bicyclic) bond motifs is 1. The van der Waals surface area contributed by atoms with Crippen molar-refractivity contribution in [1.82, 2.24) is 9.55 Å². The van der Waals surface area contributed by atoms with Crippen LogP contribution in [0, 0.1) is 13.8 Å². The molecule has 4 nitrogen and oxygen atoms in total. The Kier molecular flexibility index (Phi) is 3.74. The standard InChI is InChI=1S/C17H18N2O2S/c1-10(2)21-15-13-9-11(3)5-6-14(13)22-16(15)17(20)19-8-7-18-12(19)4/h5-10H,1-4H3. The Balaban J connectivity index is 2.20.